The third-order valence-corrected chi connectivity index (χ3v) is 8.67. The van der Waals surface area contributed by atoms with Crippen molar-refractivity contribution in [1.29, 1.82) is 0 Å². The molecule has 0 spiro atoms. The lowest BCUT2D eigenvalue weighted by Crippen LogP contribution is -2.15. The molecule has 1 saturated carbocycles. The Hall–Kier alpha value is -3.50. The molecule has 1 fully saturated rings. The van der Waals surface area contributed by atoms with Gasteiger partial charge in [0.25, 0.3) is 0 Å². The Bertz CT molecular complexity index is 1490. The predicted octanol–water partition coefficient (Wildman–Crippen LogP) is 7.03. The zero-order chi connectivity index (χ0) is 31.7. The molecule has 1 N–H and O–H groups in total. The van der Waals surface area contributed by atoms with Gasteiger partial charge in [-0.05, 0) is 60.7 Å². The van der Waals surface area contributed by atoms with E-state index >= 15 is 0 Å². The molecule has 0 bridgehead atoms. The SMILES string of the molecule is CS(=O)(=O)c1ccc(-c2cc(COCCCOc3ccccc3)nn2C2CCCCC2)cc1.OCCCOCc1ccccc1. The summed E-state index contributed by atoms with van der Waals surface area (Å²) >= 11 is 0. The lowest BCUT2D eigenvalue weighted by molar-refractivity contribution is 0.104. The smallest absolute Gasteiger partial charge is 0.175 e. The molecule has 4 aromatic rings. The molecule has 45 heavy (non-hydrogen) atoms. The van der Waals surface area contributed by atoms with Crippen LogP contribution in [0, 0.1) is 0 Å². The van der Waals surface area contributed by atoms with Crippen LogP contribution in [0.1, 0.15) is 62.2 Å². The summed E-state index contributed by atoms with van der Waals surface area (Å²) in [6.45, 7) is 3.13. The molecule has 8 nitrogen and oxygen atoms in total. The number of ether oxygens (including phenoxy) is 3. The van der Waals surface area contributed by atoms with Gasteiger partial charge in [0.15, 0.2) is 9.84 Å². The number of hydrogen-bond acceptors (Lipinski definition) is 7. The van der Waals surface area contributed by atoms with Gasteiger partial charge in [-0.3, -0.25) is 4.68 Å². The van der Waals surface area contributed by atoms with Crippen molar-refractivity contribution in [3.05, 3.63) is 102 Å². The van der Waals surface area contributed by atoms with Crippen molar-refractivity contribution in [3.8, 4) is 17.0 Å². The number of aromatic nitrogens is 2. The summed E-state index contributed by atoms with van der Waals surface area (Å²) in [5.41, 5.74) is 4.07. The van der Waals surface area contributed by atoms with Crippen LogP contribution in [-0.4, -0.2) is 56.0 Å². The number of rotatable bonds is 15. The predicted molar refractivity (Wildman–Crippen MR) is 177 cm³/mol. The van der Waals surface area contributed by atoms with Crippen LogP contribution in [0.4, 0.5) is 0 Å². The minimum Gasteiger partial charge on any atom is -0.494 e. The van der Waals surface area contributed by atoms with E-state index in [1.54, 1.807) is 12.1 Å². The molecular formula is C36H46N2O6S. The fraction of sp³-hybridized carbons (Fsp3) is 0.417. The number of aliphatic hydroxyl groups is 1. The van der Waals surface area contributed by atoms with Gasteiger partial charge in [-0.25, -0.2) is 8.42 Å². The molecule has 3 aromatic carbocycles. The number of para-hydroxylation sites is 1. The van der Waals surface area contributed by atoms with Crippen LogP contribution in [0.5, 0.6) is 5.75 Å². The lowest BCUT2D eigenvalue weighted by Gasteiger charge is -2.24. The van der Waals surface area contributed by atoms with Gasteiger partial charge in [-0.15, -0.1) is 0 Å². The zero-order valence-electron chi connectivity index (χ0n) is 26.2. The van der Waals surface area contributed by atoms with Crippen LogP contribution in [0.25, 0.3) is 11.3 Å². The monoisotopic (exact) mass is 634 g/mol. The van der Waals surface area contributed by atoms with Crippen molar-refractivity contribution < 1.29 is 27.7 Å². The minimum absolute atomic E-state index is 0.203. The molecule has 1 aliphatic carbocycles. The summed E-state index contributed by atoms with van der Waals surface area (Å²) < 4.78 is 42.7. The van der Waals surface area contributed by atoms with E-state index < -0.39 is 9.84 Å². The van der Waals surface area contributed by atoms with Gasteiger partial charge in [-0.2, -0.15) is 5.10 Å². The molecule has 1 heterocycles. The Morgan fingerprint density at radius 1 is 0.800 bits per heavy atom. The first-order chi connectivity index (χ1) is 21.9. The van der Waals surface area contributed by atoms with Crippen LogP contribution in [0.3, 0.4) is 0 Å². The van der Waals surface area contributed by atoms with Gasteiger partial charge in [0, 0.05) is 25.9 Å². The maximum Gasteiger partial charge on any atom is 0.175 e. The van der Waals surface area contributed by atoms with Crippen LogP contribution in [0.15, 0.2) is 95.9 Å². The molecule has 0 unspecified atom stereocenters. The van der Waals surface area contributed by atoms with E-state index in [1.807, 2.05) is 72.8 Å². The molecule has 0 amide bonds. The Morgan fingerprint density at radius 2 is 1.44 bits per heavy atom. The summed E-state index contributed by atoms with van der Waals surface area (Å²) in [6.07, 6.45) is 8.69. The molecule has 242 valence electrons. The summed E-state index contributed by atoms with van der Waals surface area (Å²) in [5, 5.41) is 13.4. The van der Waals surface area contributed by atoms with Gasteiger partial charge >= 0.3 is 0 Å². The maximum absolute atomic E-state index is 11.8. The van der Waals surface area contributed by atoms with Crippen LogP contribution in [-0.2, 0) is 32.5 Å². The van der Waals surface area contributed by atoms with E-state index in [-0.39, 0.29) is 6.61 Å². The van der Waals surface area contributed by atoms with E-state index in [2.05, 4.69) is 10.7 Å². The van der Waals surface area contributed by atoms with Crippen molar-refractivity contribution in [2.24, 2.45) is 0 Å². The van der Waals surface area contributed by atoms with Crippen molar-refractivity contribution >= 4 is 9.84 Å². The van der Waals surface area contributed by atoms with E-state index in [0.717, 1.165) is 42.0 Å². The Kier molecular flexibility index (Phi) is 14.1. The summed E-state index contributed by atoms with van der Waals surface area (Å²) in [7, 11) is -3.22. The first-order valence-electron chi connectivity index (χ1n) is 15.8. The molecule has 5 rings (SSSR count). The first kappa shape index (κ1) is 34.4. The fourth-order valence-corrected chi connectivity index (χ4v) is 5.81. The highest BCUT2D eigenvalue weighted by molar-refractivity contribution is 7.90. The van der Waals surface area contributed by atoms with E-state index in [4.69, 9.17) is 24.4 Å². The average Bonchev–Trinajstić information content (AvgIpc) is 3.50. The highest BCUT2D eigenvalue weighted by atomic mass is 32.2. The lowest BCUT2D eigenvalue weighted by atomic mass is 9.95. The molecular weight excluding hydrogens is 588 g/mol. The van der Waals surface area contributed by atoms with Crippen LogP contribution >= 0.6 is 0 Å². The molecule has 1 aromatic heterocycles. The second-order valence-electron chi connectivity index (χ2n) is 11.2. The minimum atomic E-state index is -3.22. The van der Waals surface area contributed by atoms with E-state index in [9.17, 15) is 8.42 Å². The van der Waals surface area contributed by atoms with Crippen molar-refractivity contribution in [1.82, 2.24) is 9.78 Å². The van der Waals surface area contributed by atoms with Crippen molar-refractivity contribution in [2.75, 3.05) is 32.7 Å². The Balaban J connectivity index is 0.000000323. The second kappa shape index (κ2) is 18.5. The molecule has 0 radical (unpaired) electrons. The summed E-state index contributed by atoms with van der Waals surface area (Å²) in [4.78, 5) is 0.330. The molecule has 0 atom stereocenters. The zero-order valence-corrected chi connectivity index (χ0v) is 27.0. The highest BCUT2D eigenvalue weighted by Gasteiger charge is 2.21. The summed E-state index contributed by atoms with van der Waals surface area (Å²) in [5.74, 6) is 0.871. The van der Waals surface area contributed by atoms with Gasteiger partial charge in [-0.1, -0.05) is 79.9 Å². The first-order valence-corrected chi connectivity index (χ1v) is 17.7. The third kappa shape index (κ3) is 11.7. The maximum atomic E-state index is 11.8. The molecule has 0 saturated heterocycles. The van der Waals surface area contributed by atoms with Crippen LogP contribution < -0.4 is 4.74 Å². The second-order valence-corrected chi connectivity index (χ2v) is 13.3. The topological polar surface area (TPSA) is 99.9 Å². The van der Waals surface area contributed by atoms with E-state index in [0.29, 0.717) is 50.4 Å². The fourth-order valence-electron chi connectivity index (χ4n) is 5.18. The third-order valence-electron chi connectivity index (χ3n) is 7.54. The van der Waals surface area contributed by atoms with Crippen molar-refractivity contribution in [2.45, 2.75) is 69.1 Å². The van der Waals surface area contributed by atoms with Gasteiger partial charge in [0.1, 0.15) is 5.75 Å². The van der Waals surface area contributed by atoms with Crippen molar-refractivity contribution in [3.63, 3.8) is 0 Å². The quantitative estimate of drug-likeness (QED) is 0.140. The molecule has 9 heteroatoms. The largest absolute Gasteiger partial charge is 0.494 e. The standard InChI is InChI=1S/C26H32N2O4S.C10H14O2/c1-33(29,30)25-15-13-21(14-16-25)26-19-22(27-28(26)23-9-4-2-5-10-23)20-31-17-8-18-32-24-11-6-3-7-12-24;11-7-4-8-12-9-10-5-2-1-3-6-10/h3,6-7,11-16,19,23H,2,4-5,8-10,17-18,20H2,1H3;1-3,5-6,11H,4,7-9H2. The normalized spacial score (nSPS) is 13.6. The number of benzene rings is 3. The van der Waals surface area contributed by atoms with Gasteiger partial charge < -0.3 is 19.3 Å². The number of hydrogen-bond donors (Lipinski definition) is 1. The number of aliphatic hydroxyl groups excluding tert-OH is 1. The van der Waals surface area contributed by atoms with Crippen LogP contribution in [0.2, 0.25) is 0 Å². The summed E-state index contributed by atoms with van der Waals surface area (Å²) in [6, 6.07) is 29.3. The van der Waals surface area contributed by atoms with Gasteiger partial charge in [0.2, 0.25) is 0 Å². The number of nitrogens with zero attached hydrogens (tertiary/aromatic N) is 2. The van der Waals surface area contributed by atoms with E-state index in [1.165, 1.54) is 31.1 Å². The molecule has 0 aliphatic heterocycles. The highest BCUT2D eigenvalue weighted by Crippen LogP contribution is 2.33. The van der Waals surface area contributed by atoms with Gasteiger partial charge in [0.05, 0.1) is 48.8 Å². The average molecular weight is 635 g/mol. The Labute approximate surface area is 267 Å². The Morgan fingerprint density at radius 3 is 2.11 bits per heavy atom. The number of sulfone groups is 1. The molecule has 1 aliphatic rings.